The Kier molecular flexibility index (Phi) is 9.02. The number of ether oxygens (including phenoxy) is 1. The number of likely N-dealkylation sites (tertiary alicyclic amines) is 1. The predicted octanol–water partition coefficient (Wildman–Crippen LogP) is 3.38. The van der Waals surface area contributed by atoms with Gasteiger partial charge in [-0.2, -0.15) is 0 Å². The Morgan fingerprint density at radius 3 is 2.71 bits per heavy atom. The minimum Gasteiger partial charge on any atom is -0.384 e. The average Bonchev–Trinajstić information content (AvgIpc) is 3.13. The van der Waals surface area contributed by atoms with Crippen LogP contribution >= 0.6 is 24.0 Å². The summed E-state index contributed by atoms with van der Waals surface area (Å²) in [5.41, 5.74) is 3.01. The van der Waals surface area contributed by atoms with Gasteiger partial charge in [-0.1, -0.05) is 24.3 Å². The summed E-state index contributed by atoms with van der Waals surface area (Å²) in [6.45, 7) is 13.6. The number of fused-ring (bicyclic) bond motifs is 1. The number of methoxy groups -OCH3 is 1. The molecule has 6 heteroatoms. The summed E-state index contributed by atoms with van der Waals surface area (Å²) in [6.07, 6.45) is 2.32. The van der Waals surface area contributed by atoms with Crippen molar-refractivity contribution in [3.63, 3.8) is 0 Å². The van der Waals surface area contributed by atoms with Gasteiger partial charge in [0.15, 0.2) is 5.96 Å². The Morgan fingerprint density at radius 1 is 1.25 bits per heavy atom. The van der Waals surface area contributed by atoms with E-state index in [4.69, 9.17) is 9.73 Å². The Balaban J connectivity index is 0.00000280. The van der Waals surface area contributed by atoms with E-state index in [1.54, 1.807) is 7.11 Å². The maximum absolute atomic E-state index is 5.34. The molecule has 28 heavy (non-hydrogen) atoms. The number of hydrogen-bond donors (Lipinski definition) is 1. The predicted molar refractivity (Wildman–Crippen MR) is 128 cm³/mol. The van der Waals surface area contributed by atoms with E-state index >= 15 is 0 Å². The third-order valence-corrected chi connectivity index (χ3v) is 5.93. The molecule has 1 aromatic carbocycles. The zero-order valence-electron chi connectivity index (χ0n) is 17.9. The van der Waals surface area contributed by atoms with Crippen molar-refractivity contribution in [3.05, 3.63) is 35.4 Å². The normalized spacial score (nSPS) is 20.6. The van der Waals surface area contributed by atoms with Gasteiger partial charge in [-0.3, -0.25) is 9.89 Å². The summed E-state index contributed by atoms with van der Waals surface area (Å²) in [5.74, 6) is 1.67. The van der Waals surface area contributed by atoms with E-state index in [9.17, 15) is 0 Å². The Bertz CT molecular complexity index is 649. The standard InChI is InChI=1S/C22H36N4O.HI/c1-5-23-21(25-12-10-18(14-25)16-27-4)24-17-22(2,3)26-13-11-19-8-6-7-9-20(19)15-26;/h6-9,18H,5,10-17H2,1-4H3,(H,23,24);1H. The lowest BCUT2D eigenvalue weighted by atomic mass is 9.94. The summed E-state index contributed by atoms with van der Waals surface area (Å²) in [6, 6.07) is 8.84. The molecule has 1 atom stereocenters. The lowest BCUT2D eigenvalue weighted by molar-refractivity contribution is 0.111. The number of aliphatic imine (C=N–C) groups is 1. The van der Waals surface area contributed by atoms with Crippen LogP contribution in [0.5, 0.6) is 0 Å². The van der Waals surface area contributed by atoms with E-state index in [0.29, 0.717) is 5.92 Å². The van der Waals surface area contributed by atoms with Crippen molar-refractivity contribution in [1.29, 1.82) is 0 Å². The fourth-order valence-electron chi connectivity index (χ4n) is 4.20. The number of nitrogens with zero attached hydrogens (tertiary/aromatic N) is 3. The Labute approximate surface area is 187 Å². The molecule has 0 bridgehead atoms. The van der Waals surface area contributed by atoms with Crippen molar-refractivity contribution < 1.29 is 4.74 Å². The lowest BCUT2D eigenvalue weighted by Crippen LogP contribution is -2.49. The van der Waals surface area contributed by atoms with Crippen LogP contribution in [0, 0.1) is 5.92 Å². The molecule has 0 aromatic heterocycles. The molecule has 158 valence electrons. The van der Waals surface area contributed by atoms with E-state index in [1.165, 1.54) is 17.5 Å². The number of nitrogens with one attached hydrogen (secondary N) is 1. The highest BCUT2D eigenvalue weighted by Gasteiger charge is 2.30. The molecule has 0 aliphatic carbocycles. The molecule has 1 saturated heterocycles. The van der Waals surface area contributed by atoms with Crippen LogP contribution in [-0.4, -0.2) is 67.7 Å². The molecule has 3 rings (SSSR count). The number of halogens is 1. The first-order valence-corrected chi connectivity index (χ1v) is 10.4. The van der Waals surface area contributed by atoms with E-state index in [1.807, 2.05) is 0 Å². The number of benzene rings is 1. The van der Waals surface area contributed by atoms with Gasteiger partial charge in [-0.25, -0.2) is 0 Å². The summed E-state index contributed by atoms with van der Waals surface area (Å²) < 4.78 is 5.34. The maximum Gasteiger partial charge on any atom is 0.193 e. The van der Waals surface area contributed by atoms with Crippen LogP contribution in [-0.2, 0) is 17.7 Å². The molecule has 0 radical (unpaired) electrons. The third kappa shape index (κ3) is 5.83. The van der Waals surface area contributed by atoms with E-state index in [-0.39, 0.29) is 29.5 Å². The van der Waals surface area contributed by atoms with E-state index in [0.717, 1.165) is 58.3 Å². The average molecular weight is 500 g/mol. The van der Waals surface area contributed by atoms with Crippen LogP contribution in [0.4, 0.5) is 0 Å². The maximum atomic E-state index is 5.34. The number of rotatable bonds is 6. The van der Waals surface area contributed by atoms with Crippen LogP contribution in [0.15, 0.2) is 29.3 Å². The summed E-state index contributed by atoms with van der Waals surface area (Å²) in [5, 5.41) is 3.49. The van der Waals surface area contributed by atoms with Gasteiger partial charge in [-0.15, -0.1) is 24.0 Å². The molecule has 0 spiro atoms. The second-order valence-corrected chi connectivity index (χ2v) is 8.48. The summed E-state index contributed by atoms with van der Waals surface area (Å²) >= 11 is 0. The van der Waals surface area contributed by atoms with Gasteiger partial charge >= 0.3 is 0 Å². The van der Waals surface area contributed by atoms with Crippen LogP contribution in [0.3, 0.4) is 0 Å². The molecule has 5 nitrogen and oxygen atoms in total. The lowest BCUT2D eigenvalue weighted by Gasteiger charge is -2.41. The first kappa shape index (κ1) is 23.4. The van der Waals surface area contributed by atoms with Crippen molar-refractivity contribution in [2.75, 3.05) is 46.4 Å². The van der Waals surface area contributed by atoms with Crippen LogP contribution in [0.1, 0.15) is 38.3 Å². The zero-order chi connectivity index (χ0) is 19.3. The molecule has 1 fully saturated rings. The third-order valence-electron chi connectivity index (χ3n) is 5.93. The van der Waals surface area contributed by atoms with Gasteiger partial charge < -0.3 is 15.0 Å². The van der Waals surface area contributed by atoms with Gasteiger partial charge in [0.1, 0.15) is 0 Å². The highest BCUT2D eigenvalue weighted by atomic mass is 127. The largest absolute Gasteiger partial charge is 0.384 e. The molecule has 2 aliphatic rings. The van der Waals surface area contributed by atoms with Crippen molar-refractivity contribution in [2.24, 2.45) is 10.9 Å². The molecule has 2 heterocycles. The highest BCUT2D eigenvalue weighted by Crippen LogP contribution is 2.26. The van der Waals surface area contributed by atoms with Gasteiger partial charge in [-0.05, 0) is 44.7 Å². The van der Waals surface area contributed by atoms with Crippen molar-refractivity contribution in [2.45, 2.75) is 45.7 Å². The molecule has 0 amide bonds. The molecule has 2 aliphatic heterocycles. The van der Waals surface area contributed by atoms with Gasteiger partial charge in [0.05, 0.1) is 13.2 Å². The second-order valence-electron chi connectivity index (χ2n) is 8.48. The molecular formula is C22H37IN4O. The number of hydrogen-bond acceptors (Lipinski definition) is 3. The monoisotopic (exact) mass is 500 g/mol. The van der Waals surface area contributed by atoms with Gasteiger partial charge in [0.2, 0.25) is 0 Å². The Hall–Kier alpha value is -0.860. The highest BCUT2D eigenvalue weighted by molar-refractivity contribution is 14.0. The summed E-state index contributed by atoms with van der Waals surface area (Å²) in [7, 11) is 1.79. The number of guanidine groups is 1. The Morgan fingerprint density at radius 2 is 2.00 bits per heavy atom. The molecule has 0 saturated carbocycles. The molecule has 1 N–H and O–H groups in total. The topological polar surface area (TPSA) is 40.1 Å². The van der Waals surface area contributed by atoms with Crippen LogP contribution < -0.4 is 5.32 Å². The minimum atomic E-state index is 0. The van der Waals surface area contributed by atoms with Gasteiger partial charge in [0, 0.05) is 51.3 Å². The fraction of sp³-hybridized carbons (Fsp3) is 0.682. The smallest absolute Gasteiger partial charge is 0.193 e. The second kappa shape index (κ2) is 10.8. The van der Waals surface area contributed by atoms with Crippen molar-refractivity contribution in [3.8, 4) is 0 Å². The molecule has 1 aromatic rings. The quantitative estimate of drug-likeness (QED) is 0.370. The van der Waals surface area contributed by atoms with E-state index < -0.39 is 0 Å². The van der Waals surface area contributed by atoms with E-state index in [2.05, 4.69) is 60.2 Å². The first-order chi connectivity index (χ1) is 13.0. The van der Waals surface area contributed by atoms with Gasteiger partial charge in [0.25, 0.3) is 0 Å². The molecule has 1 unspecified atom stereocenters. The SMILES string of the molecule is CCNC(=NCC(C)(C)N1CCc2ccccc2C1)N1CCC(COC)C1.I. The fourth-order valence-corrected chi connectivity index (χ4v) is 4.20. The minimum absolute atomic E-state index is 0. The molecular weight excluding hydrogens is 463 g/mol. The summed E-state index contributed by atoms with van der Waals surface area (Å²) in [4.78, 5) is 10.0. The zero-order valence-corrected chi connectivity index (χ0v) is 20.2. The van der Waals surface area contributed by atoms with Crippen molar-refractivity contribution >= 4 is 29.9 Å². The van der Waals surface area contributed by atoms with Crippen LogP contribution in [0.2, 0.25) is 0 Å². The van der Waals surface area contributed by atoms with Crippen LogP contribution in [0.25, 0.3) is 0 Å². The van der Waals surface area contributed by atoms with Crippen molar-refractivity contribution in [1.82, 2.24) is 15.1 Å². The first-order valence-electron chi connectivity index (χ1n) is 10.4.